The van der Waals surface area contributed by atoms with E-state index in [1.807, 2.05) is 24.3 Å². The molecule has 2 aromatic carbocycles. The number of hydrogen-bond acceptors (Lipinski definition) is 7. The van der Waals surface area contributed by atoms with Crippen molar-refractivity contribution >= 4 is 17.7 Å². The summed E-state index contributed by atoms with van der Waals surface area (Å²) in [7, 11) is 6.83. The summed E-state index contributed by atoms with van der Waals surface area (Å²) in [5, 5.41) is 19.7. The van der Waals surface area contributed by atoms with Gasteiger partial charge in [0.05, 0.1) is 18.0 Å². The van der Waals surface area contributed by atoms with Crippen LogP contribution in [0.4, 0.5) is 0 Å². The molecule has 3 amide bonds. The van der Waals surface area contributed by atoms with Gasteiger partial charge in [-0.25, -0.2) is 9.89 Å². The van der Waals surface area contributed by atoms with Crippen LogP contribution >= 0.6 is 0 Å². The quantitative estimate of drug-likeness (QED) is 0.331. The molecule has 0 spiro atoms. The van der Waals surface area contributed by atoms with Gasteiger partial charge in [0, 0.05) is 45.9 Å². The highest BCUT2D eigenvalue weighted by Gasteiger charge is 2.44. The average Bonchev–Trinajstić information content (AvgIpc) is 3.66. The molecule has 230 valence electrons. The molecule has 3 aromatic rings. The van der Waals surface area contributed by atoms with Gasteiger partial charge in [-0.05, 0) is 85.2 Å². The lowest BCUT2D eigenvalue weighted by atomic mass is 9.69. The summed E-state index contributed by atoms with van der Waals surface area (Å²) in [6.45, 7) is 1.01. The Morgan fingerprint density at radius 3 is 2.11 bits per heavy atom. The van der Waals surface area contributed by atoms with Crippen molar-refractivity contribution in [1.82, 2.24) is 35.2 Å². The number of hydrogen-bond donors (Lipinski definition) is 3. The first kappa shape index (κ1) is 30.7. The van der Waals surface area contributed by atoms with E-state index >= 15 is 0 Å². The van der Waals surface area contributed by atoms with Crippen LogP contribution in [-0.4, -0.2) is 101 Å². The van der Waals surface area contributed by atoms with Crippen molar-refractivity contribution in [3.63, 3.8) is 0 Å². The first-order chi connectivity index (χ1) is 21.1. The van der Waals surface area contributed by atoms with Crippen molar-refractivity contribution in [2.45, 2.75) is 43.6 Å². The largest absolute Gasteiger partial charge is 0.345 e. The fraction of sp³-hybridized carbons (Fsp3) is 0.438. The maximum Gasteiger partial charge on any atom is 0.340 e. The van der Waals surface area contributed by atoms with E-state index < -0.39 is 17.1 Å². The lowest BCUT2D eigenvalue weighted by Gasteiger charge is -2.35. The third kappa shape index (κ3) is 5.63. The van der Waals surface area contributed by atoms with E-state index in [1.165, 1.54) is 9.80 Å². The SMILES string of the molecule is CN(C)C(=O)c1ccc2c(c1)CCc1cc(C(=O)N(C)C)ccc1C2(CCNCC(=O)N1CCCC1C#N)c1n[nH]c(=O)[nH]1. The van der Waals surface area contributed by atoms with Crippen molar-refractivity contribution in [3.8, 4) is 6.07 Å². The number of aryl methyl sites for hydroxylation is 2. The van der Waals surface area contributed by atoms with Gasteiger partial charge in [-0.1, -0.05) is 12.1 Å². The van der Waals surface area contributed by atoms with Crippen LogP contribution in [-0.2, 0) is 23.1 Å². The number of nitrogens with one attached hydrogen (secondary N) is 3. The molecule has 12 nitrogen and oxygen atoms in total. The van der Waals surface area contributed by atoms with Gasteiger partial charge in [0.25, 0.3) is 11.8 Å². The van der Waals surface area contributed by atoms with E-state index in [9.17, 15) is 24.4 Å². The molecule has 1 fully saturated rings. The van der Waals surface area contributed by atoms with Crippen molar-refractivity contribution in [3.05, 3.63) is 86.1 Å². The smallest absolute Gasteiger partial charge is 0.340 e. The van der Waals surface area contributed by atoms with Gasteiger partial charge in [0.1, 0.15) is 11.9 Å². The Morgan fingerprint density at radius 1 is 1.02 bits per heavy atom. The zero-order chi connectivity index (χ0) is 31.6. The number of fused-ring (bicyclic) bond motifs is 2. The molecule has 5 rings (SSSR count). The summed E-state index contributed by atoms with van der Waals surface area (Å²) < 4.78 is 0. The summed E-state index contributed by atoms with van der Waals surface area (Å²) in [6, 6.07) is 13.1. The Balaban J connectivity index is 1.60. The summed E-state index contributed by atoms with van der Waals surface area (Å²) in [4.78, 5) is 58.9. The number of nitrogens with zero attached hydrogens (tertiary/aromatic N) is 5. The number of aromatic amines is 2. The van der Waals surface area contributed by atoms with Crippen molar-refractivity contribution in [1.29, 1.82) is 5.26 Å². The van der Waals surface area contributed by atoms with E-state index in [4.69, 9.17) is 0 Å². The molecule has 1 atom stereocenters. The van der Waals surface area contributed by atoms with Crippen LogP contribution in [0.5, 0.6) is 0 Å². The molecule has 1 aliphatic carbocycles. The number of H-pyrrole nitrogens is 2. The Hall–Kier alpha value is -4.76. The molecule has 44 heavy (non-hydrogen) atoms. The molecule has 1 aliphatic heterocycles. The Morgan fingerprint density at radius 2 is 1.61 bits per heavy atom. The molecule has 2 heterocycles. The number of rotatable bonds is 8. The number of benzene rings is 2. The third-order valence-corrected chi connectivity index (χ3v) is 8.68. The number of likely N-dealkylation sites (tertiary alicyclic amines) is 1. The monoisotopic (exact) mass is 598 g/mol. The Bertz CT molecular complexity index is 1610. The second kappa shape index (κ2) is 12.5. The van der Waals surface area contributed by atoms with E-state index in [0.29, 0.717) is 55.7 Å². The molecule has 1 saturated heterocycles. The lowest BCUT2D eigenvalue weighted by molar-refractivity contribution is -0.130. The average molecular weight is 599 g/mol. The molecule has 12 heteroatoms. The highest BCUT2D eigenvalue weighted by Crippen LogP contribution is 2.46. The summed E-state index contributed by atoms with van der Waals surface area (Å²) in [5.74, 6) is 0.0362. The van der Waals surface area contributed by atoms with Gasteiger partial charge in [-0.2, -0.15) is 10.4 Å². The first-order valence-electron chi connectivity index (χ1n) is 14.8. The number of amides is 3. The van der Waals surface area contributed by atoms with Gasteiger partial charge in [-0.3, -0.25) is 19.4 Å². The van der Waals surface area contributed by atoms with Crippen LogP contribution in [0.25, 0.3) is 0 Å². The van der Waals surface area contributed by atoms with Crippen molar-refractivity contribution < 1.29 is 14.4 Å². The fourth-order valence-corrected chi connectivity index (χ4v) is 6.52. The maximum atomic E-state index is 13.0. The zero-order valence-electron chi connectivity index (χ0n) is 25.6. The number of carbonyl (C=O) groups excluding carboxylic acids is 3. The van der Waals surface area contributed by atoms with E-state index in [1.54, 1.807) is 45.2 Å². The number of aromatic nitrogens is 3. The van der Waals surface area contributed by atoms with Gasteiger partial charge < -0.3 is 20.0 Å². The van der Waals surface area contributed by atoms with Crippen molar-refractivity contribution in [2.24, 2.45) is 0 Å². The maximum absolute atomic E-state index is 13.0. The molecule has 1 aromatic heterocycles. The van der Waals surface area contributed by atoms with Crippen LogP contribution in [0.1, 0.15) is 68.1 Å². The van der Waals surface area contributed by atoms with Gasteiger partial charge in [-0.15, -0.1) is 0 Å². The topological polar surface area (TPSA) is 158 Å². The van der Waals surface area contributed by atoms with Crippen LogP contribution in [0.15, 0.2) is 41.2 Å². The summed E-state index contributed by atoms with van der Waals surface area (Å²) in [6.07, 6.45) is 3.10. The minimum atomic E-state index is -0.974. The fourth-order valence-electron chi connectivity index (χ4n) is 6.52. The van der Waals surface area contributed by atoms with Gasteiger partial charge >= 0.3 is 5.69 Å². The minimum absolute atomic E-state index is 0.0671. The Labute approximate surface area is 256 Å². The molecule has 0 saturated carbocycles. The van der Waals surface area contributed by atoms with Crippen LogP contribution in [0.2, 0.25) is 0 Å². The van der Waals surface area contributed by atoms with E-state index in [0.717, 1.165) is 28.7 Å². The van der Waals surface area contributed by atoms with Crippen LogP contribution in [0, 0.1) is 11.3 Å². The van der Waals surface area contributed by atoms with Gasteiger partial charge in [0.2, 0.25) is 5.91 Å². The standard InChI is InChI=1S/C32H38N8O4/c1-38(2)28(42)22-9-11-25-20(16-22)7-8-21-17-23(29(43)39(3)4)10-12-26(21)32(25,30-35-31(44)37-36-30)13-14-34-19-27(41)40-15-5-6-24(40)18-33/h9-12,16-17,24,34H,5-8,13-15,19H2,1-4H3,(H2,35,36,37,44). The van der Waals surface area contributed by atoms with E-state index in [-0.39, 0.29) is 24.3 Å². The molecular weight excluding hydrogens is 560 g/mol. The Kier molecular flexibility index (Phi) is 8.69. The van der Waals surface area contributed by atoms with Gasteiger partial charge in [0.15, 0.2) is 0 Å². The van der Waals surface area contributed by atoms with Crippen molar-refractivity contribution in [2.75, 3.05) is 47.8 Å². The highest BCUT2D eigenvalue weighted by molar-refractivity contribution is 5.95. The molecule has 0 radical (unpaired) electrons. The van der Waals surface area contributed by atoms with Crippen LogP contribution < -0.4 is 11.0 Å². The number of nitriles is 1. The number of carbonyl (C=O) groups is 3. The zero-order valence-corrected chi connectivity index (χ0v) is 25.6. The predicted octanol–water partition coefficient (Wildman–Crippen LogP) is 1.43. The molecule has 3 N–H and O–H groups in total. The summed E-state index contributed by atoms with van der Waals surface area (Å²) in [5.41, 5.74) is 3.31. The molecule has 2 aliphatic rings. The lowest BCUT2D eigenvalue weighted by Crippen LogP contribution is -2.42. The molecule has 0 bridgehead atoms. The second-order valence-electron chi connectivity index (χ2n) is 11.9. The normalized spacial score (nSPS) is 16.8. The second-order valence-corrected chi connectivity index (χ2v) is 11.9. The molecular formula is C32H38N8O4. The third-order valence-electron chi connectivity index (χ3n) is 8.68. The van der Waals surface area contributed by atoms with Crippen LogP contribution in [0.3, 0.4) is 0 Å². The van der Waals surface area contributed by atoms with E-state index in [2.05, 4.69) is 26.6 Å². The first-order valence-corrected chi connectivity index (χ1v) is 14.8. The summed E-state index contributed by atoms with van der Waals surface area (Å²) >= 11 is 0. The predicted molar refractivity (Wildman–Crippen MR) is 163 cm³/mol. The molecule has 1 unspecified atom stereocenters. The minimum Gasteiger partial charge on any atom is -0.345 e. The highest BCUT2D eigenvalue weighted by atomic mass is 16.2.